The molecular formula is C14H27N. The first-order valence-electron chi connectivity index (χ1n) is 7.04. The molecule has 4 unspecified atom stereocenters. The lowest BCUT2D eigenvalue weighted by Crippen LogP contribution is -2.39. The largest absolute Gasteiger partial charge is 0.311 e. The molecule has 0 aliphatic heterocycles. The van der Waals surface area contributed by atoms with E-state index in [9.17, 15) is 0 Å². The molecule has 0 heterocycles. The zero-order valence-corrected chi connectivity index (χ0v) is 10.5. The van der Waals surface area contributed by atoms with Gasteiger partial charge in [0.1, 0.15) is 0 Å². The van der Waals surface area contributed by atoms with Crippen LogP contribution in [-0.2, 0) is 0 Å². The van der Waals surface area contributed by atoms with Gasteiger partial charge in [-0.25, -0.2) is 0 Å². The van der Waals surface area contributed by atoms with Crippen LogP contribution >= 0.6 is 0 Å². The normalized spacial score (nSPS) is 42.0. The van der Waals surface area contributed by atoms with Crippen molar-refractivity contribution >= 4 is 0 Å². The van der Waals surface area contributed by atoms with Crippen molar-refractivity contribution in [3.8, 4) is 0 Å². The molecule has 0 aromatic carbocycles. The number of hydrogen-bond acceptors (Lipinski definition) is 1. The van der Waals surface area contributed by atoms with E-state index in [2.05, 4.69) is 19.2 Å². The summed E-state index contributed by atoms with van der Waals surface area (Å²) in [6.45, 7) is 4.75. The van der Waals surface area contributed by atoms with Crippen LogP contribution < -0.4 is 5.32 Å². The van der Waals surface area contributed by atoms with Gasteiger partial charge in [0.2, 0.25) is 0 Å². The molecule has 88 valence electrons. The molecule has 0 aromatic heterocycles. The van der Waals surface area contributed by atoms with E-state index in [4.69, 9.17) is 0 Å². The van der Waals surface area contributed by atoms with E-state index in [0.29, 0.717) is 0 Å². The molecule has 0 aromatic rings. The van der Waals surface area contributed by atoms with Crippen LogP contribution in [0.15, 0.2) is 0 Å². The Bertz CT molecular complexity index is 190. The van der Waals surface area contributed by atoms with E-state index in [-0.39, 0.29) is 0 Å². The summed E-state index contributed by atoms with van der Waals surface area (Å²) in [5, 5.41) is 3.91. The zero-order chi connectivity index (χ0) is 10.7. The molecular weight excluding hydrogens is 182 g/mol. The second-order valence-electron chi connectivity index (χ2n) is 5.92. The monoisotopic (exact) mass is 209 g/mol. The third kappa shape index (κ3) is 3.21. The first kappa shape index (κ1) is 11.4. The SMILES string of the molecule is CCC1CCCC(NC2CCC(C)C2)C1. The number of nitrogens with one attached hydrogen (secondary N) is 1. The standard InChI is InChI=1S/C14H27N/c1-3-12-5-4-6-13(10-12)15-14-8-7-11(2)9-14/h11-15H,3-10H2,1-2H3. The van der Waals surface area contributed by atoms with Crippen LogP contribution in [0.5, 0.6) is 0 Å². The van der Waals surface area contributed by atoms with Crippen molar-refractivity contribution in [2.75, 3.05) is 0 Å². The van der Waals surface area contributed by atoms with Gasteiger partial charge in [0.05, 0.1) is 0 Å². The fourth-order valence-corrected chi connectivity index (χ4v) is 3.50. The van der Waals surface area contributed by atoms with Crippen LogP contribution in [0.25, 0.3) is 0 Å². The summed E-state index contributed by atoms with van der Waals surface area (Å²) in [4.78, 5) is 0. The molecule has 0 saturated heterocycles. The first-order valence-corrected chi connectivity index (χ1v) is 7.04. The number of rotatable bonds is 3. The Morgan fingerprint density at radius 2 is 1.80 bits per heavy atom. The second-order valence-corrected chi connectivity index (χ2v) is 5.92. The van der Waals surface area contributed by atoms with Crippen LogP contribution in [0.2, 0.25) is 0 Å². The van der Waals surface area contributed by atoms with Gasteiger partial charge in [-0.15, -0.1) is 0 Å². The Morgan fingerprint density at radius 3 is 2.47 bits per heavy atom. The van der Waals surface area contributed by atoms with Crippen molar-refractivity contribution < 1.29 is 0 Å². The summed E-state index contributed by atoms with van der Waals surface area (Å²) in [6, 6.07) is 1.69. The maximum absolute atomic E-state index is 3.91. The Balaban J connectivity index is 1.74. The lowest BCUT2D eigenvalue weighted by molar-refractivity contribution is 0.260. The van der Waals surface area contributed by atoms with Crippen LogP contribution in [0, 0.1) is 11.8 Å². The van der Waals surface area contributed by atoms with Gasteiger partial charge in [-0.05, 0) is 43.9 Å². The molecule has 2 fully saturated rings. The molecule has 4 atom stereocenters. The molecule has 2 saturated carbocycles. The highest BCUT2D eigenvalue weighted by Crippen LogP contribution is 2.30. The Kier molecular flexibility index (Phi) is 4.07. The molecule has 0 spiro atoms. The van der Waals surface area contributed by atoms with Gasteiger partial charge >= 0.3 is 0 Å². The molecule has 1 heteroatoms. The number of hydrogen-bond donors (Lipinski definition) is 1. The van der Waals surface area contributed by atoms with E-state index < -0.39 is 0 Å². The van der Waals surface area contributed by atoms with Crippen molar-refractivity contribution in [2.24, 2.45) is 11.8 Å². The highest BCUT2D eigenvalue weighted by molar-refractivity contribution is 4.84. The third-order valence-corrected chi connectivity index (χ3v) is 4.53. The third-order valence-electron chi connectivity index (χ3n) is 4.53. The Hall–Kier alpha value is -0.0400. The van der Waals surface area contributed by atoms with E-state index in [1.807, 2.05) is 0 Å². The van der Waals surface area contributed by atoms with Crippen molar-refractivity contribution in [1.82, 2.24) is 5.32 Å². The fourth-order valence-electron chi connectivity index (χ4n) is 3.50. The molecule has 15 heavy (non-hydrogen) atoms. The second kappa shape index (κ2) is 5.34. The smallest absolute Gasteiger partial charge is 0.00722 e. The van der Waals surface area contributed by atoms with Gasteiger partial charge in [0, 0.05) is 12.1 Å². The minimum Gasteiger partial charge on any atom is -0.311 e. The summed E-state index contributed by atoms with van der Waals surface area (Å²) >= 11 is 0. The van der Waals surface area contributed by atoms with E-state index >= 15 is 0 Å². The summed E-state index contributed by atoms with van der Waals surface area (Å²) in [7, 11) is 0. The van der Waals surface area contributed by atoms with Gasteiger partial charge in [-0.2, -0.15) is 0 Å². The molecule has 0 radical (unpaired) electrons. The molecule has 0 bridgehead atoms. The topological polar surface area (TPSA) is 12.0 Å². The maximum atomic E-state index is 3.91. The van der Waals surface area contributed by atoms with Crippen molar-refractivity contribution in [3.05, 3.63) is 0 Å². The quantitative estimate of drug-likeness (QED) is 0.747. The highest BCUT2D eigenvalue weighted by atomic mass is 15.0. The molecule has 2 aliphatic rings. The van der Waals surface area contributed by atoms with Crippen molar-refractivity contribution in [1.29, 1.82) is 0 Å². The molecule has 1 N–H and O–H groups in total. The average molecular weight is 209 g/mol. The minimum atomic E-state index is 0.846. The average Bonchev–Trinajstić information content (AvgIpc) is 2.64. The first-order chi connectivity index (χ1) is 7.28. The zero-order valence-electron chi connectivity index (χ0n) is 10.5. The van der Waals surface area contributed by atoms with E-state index in [0.717, 1.165) is 23.9 Å². The van der Waals surface area contributed by atoms with Crippen LogP contribution in [-0.4, -0.2) is 12.1 Å². The van der Waals surface area contributed by atoms with Crippen LogP contribution in [0.3, 0.4) is 0 Å². The maximum Gasteiger partial charge on any atom is 0.00722 e. The van der Waals surface area contributed by atoms with Crippen LogP contribution in [0.4, 0.5) is 0 Å². The molecule has 0 amide bonds. The molecule has 2 aliphatic carbocycles. The van der Waals surface area contributed by atoms with Crippen LogP contribution in [0.1, 0.15) is 65.2 Å². The van der Waals surface area contributed by atoms with E-state index in [1.165, 1.54) is 51.4 Å². The van der Waals surface area contributed by atoms with Gasteiger partial charge in [0.25, 0.3) is 0 Å². The summed E-state index contributed by atoms with van der Waals surface area (Å²) in [6.07, 6.45) is 11.5. The predicted octanol–water partition coefficient (Wildman–Crippen LogP) is 3.73. The van der Waals surface area contributed by atoms with Gasteiger partial charge in [0.15, 0.2) is 0 Å². The lowest BCUT2D eigenvalue weighted by Gasteiger charge is -2.31. The fraction of sp³-hybridized carbons (Fsp3) is 1.00. The Morgan fingerprint density at radius 1 is 1.00 bits per heavy atom. The highest BCUT2D eigenvalue weighted by Gasteiger charge is 2.26. The lowest BCUT2D eigenvalue weighted by atomic mass is 9.84. The van der Waals surface area contributed by atoms with Crippen molar-refractivity contribution in [3.63, 3.8) is 0 Å². The van der Waals surface area contributed by atoms with Gasteiger partial charge in [-0.1, -0.05) is 33.1 Å². The Labute approximate surface area is 95.0 Å². The van der Waals surface area contributed by atoms with Crippen molar-refractivity contribution in [2.45, 2.75) is 77.3 Å². The molecule has 2 rings (SSSR count). The summed E-state index contributed by atoms with van der Waals surface area (Å²) < 4.78 is 0. The summed E-state index contributed by atoms with van der Waals surface area (Å²) in [5.74, 6) is 1.98. The molecule has 1 nitrogen and oxygen atoms in total. The van der Waals surface area contributed by atoms with Gasteiger partial charge < -0.3 is 5.32 Å². The summed E-state index contributed by atoms with van der Waals surface area (Å²) in [5.41, 5.74) is 0. The van der Waals surface area contributed by atoms with E-state index in [1.54, 1.807) is 0 Å². The van der Waals surface area contributed by atoms with Gasteiger partial charge in [-0.3, -0.25) is 0 Å². The minimum absolute atomic E-state index is 0.846. The predicted molar refractivity (Wildman–Crippen MR) is 66.0 cm³/mol.